The van der Waals surface area contributed by atoms with Crippen LogP contribution in [0, 0.1) is 0 Å². The fraction of sp³-hybridized carbons (Fsp3) is 0.167. The van der Waals surface area contributed by atoms with Gasteiger partial charge in [0.2, 0.25) is 5.88 Å². The molecule has 0 saturated heterocycles. The van der Waals surface area contributed by atoms with Gasteiger partial charge in [-0.25, -0.2) is 4.68 Å². The predicted octanol–water partition coefficient (Wildman–Crippen LogP) is 1.26. The molecule has 0 unspecified atom stereocenters. The Morgan fingerprint density at radius 3 is 2.61 bits per heavy atom. The lowest BCUT2D eigenvalue weighted by Crippen LogP contribution is -2.12. The number of nitrogens with one attached hydrogen (secondary N) is 1. The molecular formula is C12H14N4O2. The van der Waals surface area contributed by atoms with Crippen molar-refractivity contribution in [2.75, 3.05) is 18.2 Å². The minimum Gasteiger partial charge on any atom is -0.481 e. The van der Waals surface area contributed by atoms with Gasteiger partial charge in [0.1, 0.15) is 0 Å². The molecule has 18 heavy (non-hydrogen) atoms. The van der Waals surface area contributed by atoms with E-state index in [1.54, 1.807) is 49.2 Å². The van der Waals surface area contributed by atoms with Crippen molar-refractivity contribution in [2.45, 2.75) is 0 Å². The maximum atomic E-state index is 11.9. The molecule has 0 aliphatic rings. The molecule has 1 heterocycles. The topological polar surface area (TPSA) is 82.2 Å². The number of aromatic nitrogens is 2. The largest absolute Gasteiger partial charge is 0.481 e. The highest BCUT2D eigenvalue weighted by Gasteiger charge is 2.10. The van der Waals surface area contributed by atoms with Crippen molar-refractivity contribution in [3.63, 3.8) is 0 Å². The van der Waals surface area contributed by atoms with E-state index >= 15 is 0 Å². The average Bonchev–Trinajstić information content (AvgIpc) is 2.70. The molecule has 94 valence electrons. The quantitative estimate of drug-likeness (QED) is 0.799. The number of nitrogens with zero attached hydrogens (tertiary/aromatic N) is 2. The Labute approximate surface area is 104 Å². The van der Waals surface area contributed by atoms with E-state index in [4.69, 9.17) is 10.5 Å². The first-order valence-electron chi connectivity index (χ1n) is 5.35. The minimum atomic E-state index is -0.240. The maximum absolute atomic E-state index is 11.9. The minimum absolute atomic E-state index is 0.240. The zero-order valence-electron chi connectivity index (χ0n) is 10.2. The third-order valence-corrected chi connectivity index (χ3v) is 2.46. The van der Waals surface area contributed by atoms with Crippen LogP contribution in [0.3, 0.4) is 0 Å². The van der Waals surface area contributed by atoms with E-state index in [1.807, 2.05) is 0 Å². The molecule has 1 aromatic carbocycles. The molecular weight excluding hydrogens is 232 g/mol. The summed E-state index contributed by atoms with van der Waals surface area (Å²) >= 11 is 0. The fourth-order valence-electron chi connectivity index (χ4n) is 1.53. The van der Waals surface area contributed by atoms with Crippen molar-refractivity contribution in [2.24, 2.45) is 7.05 Å². The summed E-state index contributed by atoms with van der Waals surface area (Å²) in [5, 5.41) is 6.78. The lowest BCUT2D eigenvalue weighted by atomic mass is 10.2. The van der Waals surface area contributed by atoms with Crippen molar-refractivity contribution in [1.82, 2.24) is 9.78 Å². The van der Waals surface area contributed by atoms with Crippen LogP contribution in [0.4, 0.5) is 11.5 Å². The number of ether oxygens (including phenoxy) is 1. The van der Waals surface area contributed by atoms with Crippen LogP contribution in [-0.4, -0.2) is 22.8 Å². The molecule has 0 aliphatic carbocycles. The summed E-state index contributed by atoms with van der Waals surface area (Å²) < 4.78 is 6.60. The predicted molar refractivity (Wildman–Crippen MR) is 68.6 cm³/mol. The number of amides is 1. The van der Waals surface area contributed by atoms with Gasteiger partial charge in [-0.1, -0.05) is 0 Å². The van der Waals surface area contributed by atoms with E-state index in [-0.39, 0.29) is 5.91 Å². The van der Waals surface area contributed by atoms with Crippen molar-refractivity contribution >= 4 is 17.4 Å². The van der Waals surface area contributed by atoms with Crippen LogP contribution in [0.15, 0.2) is 30.3 Å². The molecule has 0 radical (unpaired) electrons. The van der Waals surface area contributed by atoms with Gasteiger partial charge in [-0.15, -0.1) is 0 Å². The van der Waals surface area contributed by atoms with E-state index in [2.05, 4.69) is 10.4 Å². The highest BCUT2D eigenvalue weighted by atomic mass is 16.5. The number of methoxy groups -OCH3 is 1. The van der Waals surface area contributed by atoms with Crippen LogP contribution in [0.5, 0.6) is 5.88 Å². The Morgan fingerprint density at radius 2 is 2.06 bits per heavy atom. The van der Waals surface area contributed by atoms with Gasteiger partial charge in [0.05, 0.1) is 7.11 Å². The number of aryl methyl sites for hydroxylation is 1. The van der Waals surface area contributed by atoms with Crippen molar-refractivity contribution in [3.05, 3.63) is 35.9 Å². The van der Waals surface area contributed by atoms with Gasteiger partial charge in [-0.3, -0.25) is 4.79 Å². The summed E-state index contributed by atoms with van der Waals surface area (Å²) in [7, 11) is 3.28. The van der Waals surface area contributed by atoms with Crippen LogP contribution in [0.2, 0.25) is 0 Å². The van der Waals surface area contributed by atoms with E-state index in [9.17, 15) is 4.79 Å². The third-order valence-electron chi connectivity index (χ3n) is 2.46. The van der Waals surface area contributed by atoms with Crippen LogP contribution in [0.1, 0.15) is 10.4 Å². The molecule has 1 amide bonds. The SMILES string of the molecule is COc1cc(NC(=O)c2ccc(N)cc2)nn1C. The summed E-state index contributed by atoms with van der Waals surface area (Å²) in [6.07, 6.45) is 0. The summed E-state index contributed by atoms with van der Waals surface area (Å²) in [5.74, 6) is 0.773. The molecule has 2 aromatic rings. The van der Waals surface area contributed by atoms with E-state index in [0.717, 1.165) is 0 Å². The van der Waals surface area contributed by atoms with Gasteiger partial charge < -0.3 is 15.8 Å². The Kier molecular flexibility index (Phi) is 3.18. The Bertz CT molecular complexity index is 560. The zero-order valence-corrected chi connectivity index (χ0v) is 10.2. The second-order valence-electron chi connectivity index (χ2n) is 3.77. The molecule has 6 nitrogen and oxygen atoms in total. The highest BCUT2D eigenvalue weighted by molar-refractivity contribution is 6.03. The molecule has 2 rings (SSSR count). The molecule has 0 atom stereocenters. The second kappa shape index (κ2) is 4.79. The molecule has 0 saturated carbocycles. The molecule has 1 aromatic heterocycles. The van der Waals surface area contributed by atoms with Crippen molar-refractivity contribution in [1.29, 1.82) is 0 Å². The van der Waals surface area contributed by atoms with E-state index in [1.165, 1.54) is 0 Å². The number of benzene rings is 1. The standard InChI is InChI=1S/C12H14N4O2/c1-16-11(18-2)7-10(15-16)14-12(17)8-3-5-9(13)6-4-8/h3-7H,13H2,1-2H3,(H,14,15,17). The monoisotopic (exact) mass is 246 g/mol. The molecule has 0 bridgehead atoms. The highest BCUT2D eigenvalue weighted by Crippen LogP contribution is 2.16. The van der Waals surface area contributed by atoms with E-state index < -0.39 is 0 Å². The first-order valence-corrected chi connectivity index (χ1v) is 5.35. The first-order chi connectivity index (χ1) is 8.60. The summed E-state index contributed by atoms with van der Waals surface area (Å²) in [4.78, 5) is 11.9. The maximum Gasteiger partial charge on any atom is 0.256 e. The number of carbonyl (C=O) groups is 1. The lowest BCUT2D eigenvalue weighted by molar-refractivity contribution is 0.102. The third kappa shape index (κ3) is 2.42. The Morgan fingerprint density at radius 1 is 1.39 bits per heavy atom. The van der Waals surface area contributed by atoms with Crippen LogP contribution >= 0.6 is 0 Å². The van der Waals surface area contributed by atoms with E-state index in [0.29, 0.717) is 22.9 Å². The summed E-state index contributed by atoms with van der Waals surface area (Å²) in [5.41, 5.74) is 6.70. The number of carbonyl (C=O) groups excluding carboxylic acids is 1. The van der Waals surface area contributed by atoms with Crippen molar-refractivity contribution in [3.8, 4) is 5.88 Å². The van der Waals surface area contributed by atoms with Crippen LogP contribution in [0.25, 0.3) is 0 Å². The van der Waals surface area contributed by atoms with Crippen LogP contribution in [-0.2, 0) is 7.05 Å². The molecule has 0 spiro atoms. The molecule has 0 fully saturated rings. The van der Waals surface area contributed by atoms with Gasteiger partial charge in [0.15, 0.2) is 5.82 Å². The summed E-state index contributed by atoms with van der Waals surface area (Å²) in [6, 6.07) is 8.31. The Hall–Kier alpha value is -2.50. The van der Waals surface area contributed by atoms with Gasteiger partial charge in [0.25, 0.3) is 5.91 Å². The molecule has 6 heteroatoms. The first kappa shape index (κ1) is 12.0. The van der Waals surface area contributed by atoms with Gasteiger partial charge in [0, 0.05) is 24.4 Å². The average molecular weight is 246 g/mol. The van der Waals surface area contributed by atoms with Gasteiger partial charge in [-0.05, 0) is 24.3 Å². The van der Waals surface area contributed by atoms with Crippen molar-refractivity contribution < 1.29 is 9.53 Å². The number of nitrogen functional groups attached to an aromatic ring is 1. The number of hydrogen-bond acceptors (Lipinski definition) is 4. The number of anilines is 2. The smallest absolute Gasteiger partial charge is 0.256 e. The number of rotatable bonds is 3. The zero-order chi connectivity index (χ0) is 13.1. The number of hydrogen-bond donors (Lipinski definition) is 2. The van der Waals surface area contributed by atoms with Gasteiger partial charge >= 0.3 is 0 Å². The Balaban J connectivity index is 2.13. The number of nitrogens with two attached hydrogens (primary N) is 1. The fourth-order valence-corrected chi connectivity index (χ4v) is 1.53. The molecule has 3 N–H and O–H groups in total. The summed E-state index contributed by atoms with van der Waals surface area (Å²) in [6.45, 7) is 0. The lowest BCUT2D eigenvalue weighted by Gasteiger charge is -2.01. The molecule has 0 aliphatic heterocycles. The van der Waals surface area contributed by atoms with Crippen LogP contribution < -0.4 is 15.8 Å². The second-order valence-corrected chi connectivity index (χ2v) is 3.77. The van der Waals surface area contributed by atoms with Gasteiger partial charge in [-0.2, -0.15) is 5.10 Å². The normalized spacial score (nSPS) is 10.1.